The summed E-state index contributed by atoms with van der Waals surface area (Å²) in [5.74, 6) is 0.306. The highest BCUT2D eigenvalue weighted by atomic mass is 16.3. The van der Waals surface area contributed by atoms with Gasteiger partial charge in [-0.15, -0.1) is 5.10 Å². The summed E-state index contributed by atoms with van der Waals surface area (Å²) in [6.07, 6.45) is 8.94. The van der Waals surface area contributed by atoms with Crippen molar-refractivity contribution < 1.29 is 5.11 Å². The van der Waals surface area contributed by atoms with E-state index in [1.165, 1.54) is 0 Å². The Hall–Kier alpha value is -2.72. The summed E-state index contributed by atoms with van der Waals surface area (Å²) in [6, 6.07) is 4.21. The molecule has 1 aliphatic rings. The number of aromatic nitrogens is 5. The van der Waals surface area contributed by atoms with E-state index in [0.29, 0.717) is 12.3 Å². The van der Waals surface area contributed by atoms with Crippen LogP contribution in [0.25, 0.3) is 22.2 Å². The fraction of sp³-hybridized carbons (Fsp3) is 0.375. The number of nitrogens with one attached hydrogen (secondary N) is 1. The van der Waals surface area contributed by atoms with E-state index >= 15 is 0 Å². The summed E-state index contributed by atoms with van der Waals surface area (Å²) < 4.78 is 1.86. The van der Waals surface area contributed by atoms with Gasteiger partial charge < -0.3 is 10.1 Å². The summed E-state index contributed by atoms with van der Waals surface area (Å²) >= 11 is 0. The number of H-pyrrole nitrogens is 1. The summed E-state index contributed by atoms with van der Waals surface area (Å²) in [5, 5.41) is 32.1. The molecule has 0 amide bonds. The maximum atomic E-state index is 9.53. The van der Waals surface area contributed by atoms with Gasteiger partial charge in [0, 0.05) is 28.9 Å². The monoisotopic (exact) mass is 308 g/mol. The third-order valence-electron chi connectivity index (χ3n) is 4.61. The van der Waals surface area contributed by atoms with Crippen molar-refractivity contribution in [2.24, 2.45) is 5.92 Å². The van der Waals surface area contributed by atoms with Gasteiger partial charge in [-0.2, -0.15) is 15.5 Å². The van der Waals surface area contributed by atoms with Gasteiger partial charge in [-0.05, 0) is 24.8 Å². The minimum atomic E-state index is -0.236. The van der Waals surface area contributed by atoms with E-state index in [0.717, 1.165) is 35.0 Å². The molecule has 0 saturated heterocycles. The SMILES string of the molecule is N#CCC(C1CC(O)C1)n1cc(-c2cnnc3[nH]ccc23)cn1. The van der Waals surface area contributed by atoms with Gasteiger partial charge in [0.15, 0.2) is 5.65 Å². The van der Waals surface area contributed by atoms with Crippen LogP contribution in [-0.4, -0.2) is 36.2 Å². The molecule has 3 heterocycles. The van der Waals surface area contributed by atoms with Gasteiger partial charge in [-0.1, -0.05) is 0 Å². The number of aliphatic hydroxyl groups is 1. The number of aliphatic hydroxyl groups excluding tert-OH is 1. The molecule has 0 spiro atoms. The first kappa shape index (κ1) is 13.9. The number of nitrogens with zero attached hydrogens (tertiary/aromatic N) is 5. The van der Waals surface area contributed by atoms with Crippen molar-refractivity contribution in [3.63, 3.8) is 0 Å². The topological polar surface area (TPSA) is 103 Å². The van der Waals surface area contributed by atoms with E-state index in [4.69, 9.17) is 5.26 Å². The highest BCUT2D eigenvalue weighted by molar-refractivity contribution is 5.91. The molecule has 116 valence electrons. The van der Waals surface area contributed by atoms with E-state index < -0.39 is 0 Å². The van der Waals surface area contributed by atoms with Crippen LogP contribution in [0.2, 0.25) is 0 Å². The quantitative estimate of drug-likeness (QED) is 0.767. The Labute approximate surface area is 132 Å². The van der Waals surface area contributed by atoms with Crippen LogP contribution in [0, 0.1) is 17.2 Å². The largest absolute Gasteiger partial charge is 0.393 e. The molecule has 0 radical (unpaired) electrons. The lowest BCUT2D eigenvalue weighted by Crippen LogP contribution is -2.35. The van der Waals surface area contributed by atoms with Crippen LogP contribution in [0.15, 0.2) is 30.9 Å². The average Bonchev–Trinajstić information content (AvgIpc) is 3.18. The predicted octanol–water partition coefficient (Wildman–Crippen LogP) is 2.05. The number of hydrogen-bond donors (Lipinski definition) is 2. The molecule has 23 heavy (non-hydrogen) atoms. The zero-order valence-corrected chi connectivity index (χ0v) is 12.4. The molecule has 2 N–H and O–H groups in total. The van der Waals surface area contributed by atoms with Gasteiger partial charge in [-0.3, -0.25) is 4.68 Å². The molecule has 3 aromatic heterocycles. The maximum absolute atomic E-state index is 9.53. The zero-order chi connectivity index (χ0) is 15.8. The Balaban J connectivity index is 1.68. The molecular formula is C16H16N6O. The van der Waals surface area contributed by atoms with Crippen molar-refractivity contribution in [2.45, 2.75) is 31.4 Å². The van der Waals surface area contributed by atoms with Gasteiger partial charge >= 0.3 is 0 Å². The molecule has 1 aliphatic carbocycles. The maximum Gasteiger partial charge on any atom is 0.160 e. The van der Waals surface area contributed by atoms with E-state index in [2.05, 4.69) is 26.3 Å². The van der Waals surface area contributed by atoms with Crippen LogP contribution in [0.1, 0.15) is 25.3 Å². The van der Waals surface area contributed by atoms with Gasteiger partial charge in [0.2, 0.25) is 0 Å². The number of nitriles is 1. The smallest absolute Gasteiger partial charge is 0.160 e. The average molecular weight is 308 g/mol. The second-order valence-corrected chi connectivity index (χ2v) is 6.02. The molecule has 1 atom stereocenters. The van der Waals surface area contributed by atoms with Crippen LogP contribution < -0.4 is 0 Å². The minimum Gasteiger partial charge on any atom is -0.393 e. The van der Waals surface area contributed by atoms with Crippen molar-refractivity contribution in [1.29, 1.82) is 5.26 Å². The molecule has 0 aliphatic heterocycles. The normalized spacial score (nSPS) is 21.7. The molecule has 1 saturated carbocycles. The van der Waals surface area contributed by atoms with Crippen LogP contribution in [0.4, 0.5) is 0 Å². The first-order chi connectivity index (χ1) is 11.3. The van der Waals surface area contributed by atoms with Crippen LogP contribution in [0.3, 0.4) is 0 Å². The van der Waals surface area contributed by atoms with Crippen molar-refractivity contribution in [3.05, 3.63) is 30.9 Å². The molecule has 4 rings (SSSR count). The number of rotatable bonds is 4. The second kappa shape index (κ2) is 5.48. The van der Waals surface area contributed by atoms with Crippen LogP contribution >= 0.6 is 0 Å². The van der Waals surface area contributed by atoms with E-state index in [9.17, 15) is 5.11 Å². The molecule has 1 fully saturated rings. The predicted molar refractivity (Wildman–Crippen MR) is 83.1 cm³/mol. The highest BCUT2D eigenvalue weighted by Gasteiger charge is 2.35. The third kappa shape index (κ3) is 2.37. The molecule has 1 unspecified atom stereocenters. The summed E-state index contributed by atoms with van der Waals surface area (Å²) in [7, 11) is 0. The molecule has 7 heteroatoms. The van der Waals surface area contributed by atoms with Gasteiger partial charge in [0.05, 0.1) is 37.0 Å². The Kier molecular flexibility index (Phi) is 3.32. The number of fused-ring (bicyclic) bond motifs is 1. The van der Waals surface area contributed by atoms with Gasteiger partial charge in [0.25, 0.3) is 0 Å². The molecule has 0 bridgehead atoms. The summed E-state index contributed by atoms with van der Waals surface area (Å²) in [6.45, 7) is 0. The highest BCUT2D eigenvalue weighted by Crippen LogP contribution is 2.38. The lowest BCUT2D eigenvalue weighted by Gasteiger charge is -2.36. The van der Waals surface area contributed by atoms with Crippen molar-refractivity contribution in [3.8, 4) is 17.2 Å². The Morgan fingerprint density at radius 1 is 1.43 bits per heavy atom. The third-order valence-corrected chi connectivity index (χ3v) is 4.61. The first-order valence-electron chi connectivity index (χ1n) is 7.64. The Morgan fingerprint density at radius 2 is 2.30 bits per heavy atom. The van der Waals surface area contributed by atoms with Gasteiger partial charge in [-0.25, -0.2) is 0 Å². The molecular weight excluding hydrogens is 292 g/mol. The zero-order valence-electron chi connectivity index (χ0n) is 12.4. The van der Waals surface area contributed by atoms with Crippen LogP contribution in [-0.2, 0) is 0 Å². The van der Waals surface area contributed by atoms with Gasteiger partial charge in [0.1, 0.15) is 0 Å². The second-order valence-electron chi connectivity index (χ2n) is 6.02. The molecule has 0 aromatic carbocycles. The first-order valence-corrected chi connectivity index (χ1v) is 7.64. The molecule has 7 nitrogen and oxygen atoms in total. The Morgan fingerprint density at radius 3 is 3.09 bits per heavy atom. The van der Waals surface area contributed by atoms with Crippen molar-refractivity contribution >= 4 is 11.0 Å². The number of aromatic amines is 1. The van der Waals surface area contributed by atoms with E-state index in [-0.39, 0.29) is 12.1 Å². The lowest BCUT2D eigenvalue weighted by atomic mass is 9.76. The summed E-state index contributed by atoms with van der Waals surface area (Å²) in [5.41, 5.74) is 2.66. The van der Waals surface area contributed by atoms with E-state index in [1.807, 2.05) is 23.1 Å². The van der Waals surface area contributed by atoms with E-state index in [1.54, 1.807) is 12.4 Å². The van der Waals surface area contributed by atoms with Crippen LogP contribution in [0.5, 0.6) is 0 Å². The fourth-order valence-electron chi connectivity index (χ4n) is 3.28. The Bertz CT molecular complexity index is 870. The fourth-order valence-corrected chi connectivity index (χ4v) is 3.28. The minimum absolute atomic E-state index is 0.00802. The van der Waals surface area contributed by atoms with Crippen molar-refractivity contribution in [2.75, 3.05) is 0 Å². The summed E-state index contributed by atoms with van der Waals surface area (Å²) in [4.78, 5) is 3.05. The standard InChI is InChI=1S/C16H16N6O/c17-3-1-15(10-5-12(23)6-10)22-9-11(7-20-22)14-8-19-21-16-13(14)2-4-18-16/h2,4,7-10,12,15,23H,1,5-6H2,(H,18,21). The van der Waals surface area contributed by atoms with Crippen molar-refractivity contribution in [1.82, 2.24) is 25.0 Å². The lowest BCUT2D eigenvalue weighted by molar-refractivity contribution is 0.0155. The number of hydrogen-bond acceptors (Lipinski definition) is 5. The molecule has 3 aromatic rings.